The molecular weight excluding hydrogens is 757 g/mol. The Bertz CT molecular complexity index is 1170. The Balaban J connectivity index is 3.93. The highest BCUT2D eigenvalue weighted by molar-refractivity contribution is 7.47. The second-order valence-electron chi connectivity index (χ2n) is 15.2. The molecule has 0 aromatic carbocycles. The zero-order valence-corrected chi connectivity index (χ0v) is 37.2. The number of amides is 1. The average molecular weight is 840 g/mol. The van der Waals surface area contributed by atoms with Crippen molar-refractivity contribution in [2.45, 2.75) is 206 Å². The van der Waals surface area contributed by atoms with E-state index in [2.05, 4.69) is 67.8 Å². The molecule has 4 N–H and O–H groups in total. The van der Waals surface area contributed by atoms with E-state index in [4.69, 9.17) is 13.8 Å². The highest BCUT2D eigenvalue weighted by Gasteiger charge is 2.28. The maximum atomic E-state index is 12.3. The number of carboxylic acids is 1. The molecule has 336 valence electrons. The number of allylic oxidation sites excluding steroid dienone is 8. The van der Waals surface area contributed by atoms with Crippen molar-refractivity contribution in [3.05, 3.63) is 48.6 Å². The third-order valence-electron chi connectivity index (χ3n) is 9.59. The Kier molecular flexibility index (Phi) is 39.4. The molecule has 0 saturated heterocycles. The predicted octanol–water partition coefficient (Wildman–Crippen LogP) is 11.8. The van der Waals surface area contributed by atoms with E-state index in [0.717, 1.165) is 83.5 Å². The number of carbonyl (C=O) groups excluding carboxylic acids is 2. The largest absolute Gasteiger partial charge is 0.480 e. The zero-order valence-electron chi connectivity index (χ0n) is 36.3. The number of esters is 1. The molecule has 0 spiro atoms. The molecule has 3 atom stereocenters. The lowest BCUT2D eigenvalue weighted by atomic mass is 10.1. The molecule has 0 fully saturated rings. The van der Waals surface area contributed by atoms with Crippen LogP contribution < -0.4 is 5.32 Å². The topological polar surface area (TPSA) is 169 Å². The van der Waals surface area contributed by atoms with Crippen LogP contribution in [0.3, 0.4) is 0 Å². The molecule has 0 radical (unpaired) electrons. The number of phosphoric ester groups is 1. The van der Waals surface area contributed by atoms with E-state index in [-0.39, 0.29) is 12.8 Å². The van der Waals surface area contributed by atoms with E-state index < -0.39 is 57.6 Å². The number of nitrogens with one attached hydrogen (secondary N) is 1. The predicted molar refractivity (Wildman–Crippen MR) is 235 cm³/mol. The molecule has 0 aliphatic rings. The van der Waals surface area contributed by atoms with Crippen LogP contribution in [0.2, 0.25) is 0 Å². The molecule has 12 heteroatoms. The first-order valence-corrected chi connectivity index (χ1v) is 24.2. The number of ether oxygens (including phenoxy) is 1. The zero-order chi connectivity index (χ0) is 42.8. The summed E-state index contributed by atoms with van der Waals surface area (Å²) in [7, 11) is -4.76. The number of aliphatic hydroxyl groups excluding tert-OH is 1. The lowest BCUT2D eigenvalue weighted by Crippen LogP contribution is -2.43. The fourth-order valence-electron chi connectivity index (χ4n) is 6.02. The van der Waals surface area contributed by atoms with Crippen LogP contribution >= 0.6 is 7.82 Å². The molecule has 0 heterocycles. The molecule has 1 amide bonds. The molecule has 0 rings (SSSR count). The Morgan fingerprint density at radius 3 is 1.40 bits per heavy atom. The average Bonchev–Trinajstić information content (AvgIpc) is 3.20. The summed E-state index contributed by atoms with van der Waals surface area (Å²) in [5.74, 6) is -2.40. The summed E-state index contributed by atoms with van der Waals surface area (Å²) in [4.78, 5) is 45.9. The second-order valence-corrected chi connectivity index (χ2v) is 16.7. The van der Waals surface area contributed by atoms with Crippen molar-refractivity contribution in [2.24, 2.45) is 0 Å². The minimum absolute atomic E-state index is 0.134. The van der Waals surface area contributed by atoms with Crippen molar-refractivity contribution < 1.29 is 47.8 Å². The Morgan fingerprint density at radius 1 is 0.552 bits per heavy atom. The van der Waals surface area contributed by atoms with Gasteiger partial charge in [0.25, 0.3) is 0 Å². The summed E-state index contributed by atoms with van der Waals surface area (Å²) in [6.45, 7) is 2.54. The fraction of sp³-hybridized carbons (Fsp3) is 0.761. The highest BCUT2D eigenvalue weighted by atomic mass is 31.2. The number of carboxylic acid groups (broad SMARTS) is 1. The number of hydrogen-bond donors (Lipinski definition) is 4. The van der Waals surface area contributed by atoms with Gasteiger partial charge in [0.05, 0.1) is 13.2 Å². The van der Waals surface area contributed by atoms with Crippen LogP contribution in [0.4, 0.5) is 0 Å². The Morgan fingerprint density at radius 2 is 0.948 bits per heavy atom. The van der Waals surface area contributed by atoms with E-state index in [1.807, 2.05) is 0 Å². The summed E-state index contributed by atoms with van der Waals surface area (Å²) in [6, 6.07) is -1.55. The molecule has 58 heavy (non-hydrogen) atoms. The maximum absolute atomic E-state index is 12.3. The first kappa shape index (κ1) is 55.4. The molecular formula is C46H82NO10P. The van der Waals surface area contributed by atoms with Gasteiger partial charge >= 0.3 is 19.8 Å². The number of phosphoric acid groups is 1. The van der Waals surface area contributed by atoms with Crippen molar-refractivity contribution >= 4 is 25.7 Å². The van der Waals surface area contributed by atoms with Gasteiger partial charge in [-0.15, -0.1) is 0 Å². The molecule has 11 nitrogen and oxygen atoms in total. The van der Waals surface area contributed by atoms with E-state index in [9.17, 15) is 34.1 Å². The van der Waals surface area contributed by atoms with Crippen molar-refractivity contribution in [1.29, 1.82) is 0 Å². The molecule has 3 unspecified atom stereocenters. The van der Waals surface area contributed by atoms with Crippen LogP contribution in [-0.2, 0) is 32.7 Å². The number of unbranched alkanes of at least 4 members (excludes halogenated alkanes) is 20. The minimum atomic E-state index is -4.76. The van der Waals surface area contributed by atoms with Gasteiger partial charge in [-0.1, -0.05) is 152 Å². The van der Waals surface area contributed by atoms with Gasteiger partial charge in [0.2, 0.25) is 5.91 Å². The number of rotatable bonds is 42. The van der Waals surface area contributed by atoms with Gasteiger partial charge in [0, 0.05) is 12.8 Å². The third-order valence-corrected chi connectivity index (χ3v) is 10.5. The van der Waals surface area contributed by atoms with Crippen LogP contribution in [0.25, 0.3) is 0 Å². The molecule has 0 aromatic rings. The molecule has 0 aliphatic carbocycles. The number of aliphatic carboxylic acids is 1. The number of carbonyl (C=O) groups is 3. The SMILES string of the molecule is CCCCCC/C=C\C/C=C\CCCCCCCCCC(=O)NC(COP(=O)(O)OCC(O)COC(=O)CCCCCCC/C=C\C/C=C\CCCCCC)C(=O)O. The van der Waals surface area contributed by atoms with Crippen molar-refractivity contribution in [3.63, 3.8) is 0 Å². The number of hydrogen-bond acceptors (Lipinski definition) is 8. The summed E-state index contributed by atoms with van der Waals surface area (Å²) < 4.78 is 26.8. The molecule has 0 bridgehead atoms. The van der Waals surface area contributed by atoms with Gasteiger partial charge in [-0.3, -0.25) is 18.6 Å². The van der Waals surface area contributed by atoms with Crippen molar-refractivity contribution in [1.82, 2.24) is 5.32 Å². The summed E-state index contributed by atoms with van der Waals surface area (Å²) in [5.41, 5.74) is 0. The molecule has 0 aromatic heterocycles. The van der Waals surface area contributed by atoms with Gasteiger partial charge in [-0.25, -0.2) is 9.36 Å². The first-order valence-electron chi connectivity index (χ1n) is 22.7. The minimum Gasteiger partial charge on any atom is -0.480 e. The van der Waals surface area contributed by atoms with Crippen LogP contribution in [0, 0.1) is 0 Å². The van der Waals surface area contributed by atoms with Crippen LogP contribution in [0.1, 0.15) is 194 Å². The lowest BCUT2D eigenvalue weighted by molar-refractivity contribution is -0.147. The van der Waals surface area contributed by atoms with E-state index in [1.165, 1.54) is 70.6 Å². The second kappa shape index (κ2) is 41.2. The Hall–Kier alpha value is -2.56. The van der Waals surface area contributed by atoms with Crippen LogP contribution in [0.5, 0.6) is 0 Å². The van der Waals surface area contributed by atoms with Gasteiger partial charge in [0.1, 0.15) is 12.7 Å². The Labute approximate surface area is 352 Å². The van der Waals surface area contributed by atoms with Gasteiger partial charge in [0.15, 0.2) is 6.04 Å². The van der Waals surface area contributed by atoms with Crippen molar-refractivity contribution in [2.75, 3.05) is 19.8 Å². The van der Waals surface area contributed by atoms with Crippen LogP contribution in [0.15, 0.2) is 48.6 Å². The normalized spacial score (nSPS) is 14.1. The molecule has 0 saturated carbocycles. The van der Waals surface area contributed by atoms with E-state index in [0.29, 0.717) is 12.8 Å². The summed E-state index contributed by atoms with van der Waals surface area (Å²) >= 11 is 0. The van der Waals surface area contributed by atoms with Crippen molar-refractivity contribution in [3.8, 4) is 0 Å². The van der Waals surface area contributed by atoms with Gasteiger partial charge in [-0.2, -0.15) is 0 Å². The molecule has 0 aliphatic heterocycles. The standard InChI is InChI=1S/C46H82NO10P/c1-3-5-7-9-11-13-15-17-19-21-22-23-25-27-29-31-33-35-37-44(49)47-43(46(51)52)41-57-58(53,54)56-40-42(48)39-55-45(50)38-36-34-32-30-28-26-24-20-18-16-14-12-10-8-6-4-2/h13-16,19-21,24,42-43,48H,3-12,17-18,22-23,25-41H2,1-2H3,(H,47,49)(H,51,52)(H,53,54)/b15-13-,16-14-,21-19-,24-20-. The first-order chi connectivity index (χ1) is 28.1. The fourth-order valence-corrected chi connectivity index (χ4v) is 6.79. The summed E-state index contributed by atoms with van der Waals surface area (Å²) in [6.07, 6.45) is 45.5. The maximum Gasteiger partial charge on any atom is 0.472 e. The van der Waals surface area contributed by atoms with Gasteiger partial charge in [-0.05, 0) is 77.0 Å². The van der Waals surface area contributed by atoms with Crippen LogP contribution in [-0.4, -0.2) is 64.9 Å². The smallest absolute Gasteiger partial charge is 0.472 e. The summed E-state index contributed by atoms with van der Waals surface area (Å²) in [5, 5.41) is 21.8. The monoisotopic (exact) mass is 840 g/mol. The van der Waals surface area contributed by atoms with E-state index in [1.54, 1.807) is 0 Å². The highest BCUT2D eigenvalue weighted by Crippen LogP contribution is 2.43. The number of aliphatic hydroxyl groups is 1. The van der Waals surface area contributed by atoms with E-state index >= 15 is 0 Å². The third kappa shape index (κ3) is 40.2. The quantitative estimate of drug-likeness (QED) is 0.0201. The lowest BCUT2D eigenvalue weighted by Gasteiger charge is -2.18. The van der Waals surface area contributed by atoms with Gasteiger partial charge < -0.3 is 25.2 Å².